The molecule has 0 amide bonds. The van der Waals surface area contributed by atoms with Crippen molar-refractivity contribution in [3.05, 3.63) is 11.5 Å². The molecule has 12 heavy (non-hydrogen) atoms. The molecule has 0 atom stereocenters. The van der Waals surface area contributed by atoms with Crippen LogP contribution in [-0.2, 0) is 9.05 Å². The predicted molar refractivity (Wildman–Crippen MR) is 54.0 cm³/mol. The third-order valence-corrected chi connectivity index (χ3v) is 3.62. The Bertz CT molecular complexity index is 253. The molecule has 0 aliphatic carbocycles. The second-order valence-electron chi connectivity index (χ2n) is 2.75. The summed E-state index contributed by atoms with van der Waals surface area (Å²) in [7, 11) is 1.59. The standard InChI is InChI=1S/C7H11ClO2S2/c8-12(9,10)6-3-7-1-4-11-5-2-7/h3,6-7H,1-2,4-5H2/b6-3-. The molecule has 0 N–H and O–H groups in total. The van der Waals surface area contributed by atoms with Gasteiger partial charge in [0.25, 0.3) is 9.05 Å². The van der Waals surface area contributed by atoms with Crippen molar-refractivity contribution in [1.82, 2.24) is 0 Å². The van der Waals surface area contributed by atoms with Crippen molar-refractivity contribution in [2.45, 2.75) is 12.8 Å². The molecular weight excluding hydrogens is 216 g/mol. The number of hydrogen-bond donors (Lipinski definition) is 0. The van der Waals surface area contributed by atoms with E-state index in [1.165, 1.54) is 0 Å². The highest BCUT2D eigenvalue weighted by Gasteiger charge is 2.11. The Kier molecular flexibility index (Phi) is 3.93. The fraction of sp³-hybridized carbons (Fsp3) is 0.714. The molecule has 1 aliphatic heterocycles. The molecule has 0 aromatic heterocycles. The summed E-state index contributed by atoms with van der Waals surface area (Å²) in [5, 5.41) is 1.11. The largest absolute Gasteiger partial charge is 0.254 e. The number of allylic oxidation sites excluding steroid dienone is 1. The molecule has 0 spiro atoms. The van der Waals surface area contributed by atoms with Gasteiger partial charge in [-0.25, -0.2) is 8.42 Å². The van der Waals surface area contributed by atoms with Crippen molar-refractivity contribution < 1.29 is 8.42 Å². The molecule has 1 heterocycles. The second-order valence-corrected chi connectivity index (χ2v) is 6.49. The molecule has 1 aliphatic rings. The summed E-state index contributed by atoms with van der Waals surface area (Å²) >= 11 is 1.92. The van der Waals surface area contributed by atoms with Crippen LogP contribution in [0.5, 0.6) is 0 Å². The predicted octanol–water partition coefficient (Wildman–Crippen LogP) is 2.21. The van der Waals surface area contributed by atoms with Gasteiger partial charge in [0.2, 0.25) is 0 Å². The first kappa shape index (κ1) is 10.4. The maximum absolute atomic E-state index is 10.5. The minimum Gasteiger partial charge on any atom is -0.208 e. The maximum atomic E-state index is 10.5. The molecule has 0 unspecified atom stereocenters. The Hall–Kier alpha value is 0.330. The second kappa shape index (κ2) is 4.53. The highest BCUT2D eigenvalue weighted by Crippen LogP contribution is 2.23. The average molecular weight is 227 g/mol. The van der Waals surface area contributed by atoms with Gasteiger partial charge in [-0.3, -0.25) is 0 Å². The average Bonchev–Trinajstić information content (AvgIpc) is 2.02. The third kappa shape index (κ3) is 4.38. The van der Waals surface area contributed by atoms with E-state index >= 15 is 0 Å². The Balaban J connectivity index is 2.44. The van der Waals surface area contributed by atoms with E-state index in [1.807, 2.05) is 11.8 Å². The Labute approximate surface area is 81.8 Å². The number of halogens is 1. The van der Waals surface area contributed by atoms with Gasteiger partial charge in [0.15, 0.2) is 0 Å². The van der Waals surface area contributed by atoms with Crippen LogP contribution in [0.2, 0.25) is 0 Å². The van der Waals surface area contributed by atoms with Crippen LogP contribution in [0.25, 0.3) is 0 Å². The normalized spacial score (nSPS) is 21.8. The van der Waals surface area contributed by atoms with Gasteiger partial charge in [-0.2, -0.15) is 11.8 Å². The lowest BCUT2D eigenvalue weighted by Gasteiger charge is -2.16. The van der Waals surface area contributed by atoms with Gasteiger partial charge in [-0.1, -0.05) is 6.08 Å². The highest BCUT2D eigenvalue weighted by atomic mass is 35.7. The van der Waals surface area contributed by atoms with E-state index < -0.39 is 9.05 Å². The van der Waals surface area contributed by atoms with E-state index in [1.54, 1.807) is 6.08 Å². The van der Waals surface area contributed by atoms with E-state index in [0.29, 0.717) is 5.92 Å². The van der Waals surface area contributed by atoms with Gasteiger partial charge in [0.05, 0.1) is 0 Å². The van der Waals surface area contributed by atoms with E-state index in [-0.39, 0.29) is 0 Å². The molecule has 0 bridgehead atoms. The molecule has 2 nitrogen and oxygen atoms in total. The van der Waals surface area contributed by atoms with Crippen LogP contribution in [0.1, 0.15) is 12.8 Å². The Morgan fingerprint density at radius 3 is 2.42 bits per heavy atom. The first-order valence-electron chi connectivity index (χ1n) is 3.78. The van der Waals surface area contributed by atoms with Crippen LogP contribution in [-0.4, -0.2) is 19.9 Å². The number of hydrogen-bond acceptors (Lipinski definition) is 3. The van der Waals surface area contributed by atoms with Crippen LogP contribution in [0.3, 0.4) is 0 Å². The highest BCUT2D eigenvalue weighted by molar-refractivity contribution is 8.16. The lowest BCUT2D eigenvalue weighted by Crippen LogP contribution is -2.06. The van der Waals surface area contributed by atoms with Gasteiger partial charge in [-0.05, 0) is 30.3 Å². The monoisotopic (exact) mass is 226 g/mol. The quantitative estimate of drug-likeness (QED) is 0.678. The SMILES string of the molecule is O=S(=O)(Cl)/C=C\C1CCSCC1. The van der Waals surface area contributed by atoms with Crippen molar-refractivity contribution in [3.63, 3.8) is 0 Å². The van der Waals surface area contributed by atoms with Crippen molar-refractivity contribution in [2.75, 3.05) is 11.5 Å². The zero-order chi connectivity index (χ0) is 9.03. The van der Waals surface area contributed by atoms with E-state index in [4.69, 9.17) is 10.7 Å². The van der Waals surface area contributed by atoms with Gasteiger partial charge in [0.1, 0.15) is 0 Å². The van der Waals surface area contributed by atoms with Crippen molar-refractivity contribution in [1.29, 1.82) is 0 Å². The summed E-state index contributed by atoms with van der Waals surface area (Å²) in [6.07, 6.45) is 3.84. The molecule has 0 aromatic rings. The maximum Gasteiger partial charge on any atom is 0.254 e. The van der Waals surface area contributed by atoms with Gasteiger partial charge >= 0.3 is 0 Å². The number of rotatable bonds is 2. The summed E-state index contributed by atoms with van der Waals surface area (Å²) in [5.41, 5.74) is 0. The van der Waals surface area contributed by atoms with Gasteiger partial charge < -0.3 is 0 Å². The molecule has 0 aromatic carbocycles. The summed E-state index contributed by atoms with van der Waals surface area (Å²) in [5.74, 6) is 2.65. The van der Waals surface area contributed by atoms with E-state index in [9.17, 15) is 8.42 Å². The lowest BCUT2D eigenvalue weighted by molar-refractivity contribution is 0.598. The topological polar surface area (TPSA) is 34.1 Å². The van der Waals surface area contributed by atoms with Crippen LogP contribution >= 0.6 is 22.4 Å². The minimum absolute atomic E-state index is 0.403. The van der Waals surface area contributed by atoms with Gasteiger partial charge in [-0.15, -0.1) is 0 Å². The Morgan fingerprint density at radius 2 is 1.92 bits per heavy atom. The summed E-state index contributed by atoms with van der Waals surface area (Å²) in [6, 6.07) is 0. The smallest absolute Gasteiger partial charge is 0.208 e. The molecular formula is C7H11ClO2S2. The van der Waals surface area contributed by atoms with Crippen molar-refractivity contribution in [2.24, 2.45) is 5.92 Å². The van der Waals surface area contributed by atoms with Gasteiger partial charge in [0, 0.05) is 16.1 Å². The molecule has 1 fully saturated rings. The molecule has 0 saturated carbocycles. The number of thioether (sulfide) groups is 1. The zero-order valence-corrected chi connectivity index (χ0v) is 8.96. The summed E-state index contributed by atoms with van der Waals surface area (Å²) in [6.45, 7) is 0. The van der Waals surface area contributed by atoms with Crippen LogP contribution in [0, 0.1) is 5.92 Å². The van der Waals surface area contributed by atoms with Crippen molar-refractivity contribution in [3.8, 4) is 0 Å². The first-order valence-corrected chi connectivity index (χ1v) is 7.31. The van der Waals surface area contributed by atoms with E-state index in [0.717, 1.165) is 29.8 Å². The Morgan fingerprint density at radius 1 is 1.33 bits per heavy atom. The fourth-order valence-electron chi connectivity index (χ4n) is 1.11. The van der Waals surface area contributed by atoms with Crippen LogP contribution < -0.4 is 0 Å². The fourth-order valence-corrected chi connectivity index (χ4v) is 2.84. The van der Waals surface area contributed by atoms with E-state index in [2.05, 4.69) is 0 Å². The summed E-state index contributed by atoms with van der Waals surface area (Å²) in [4.78, 5) is 0. The summed E-state index contributed by atoms with van der Waals surface area (Å²) < 4.78 is 21.1. The lowest BCUT2D eigenvalue weighted by atomic mass is 10.0. The van der Waals surface area contributed by atoms with Crippen molar-refractivity contribution >= 4 is 31.5 Å². The molecule has 5 heteroatoms. The zero-order valence-electron chi connectivity index (χ0n) is 6.57. The molecule has 70 valence electrons. The van der Waals surface area contributed by atoms with Crippen LogP contribution in [0.4, 0.5) is 0 Å². The minimum atomic E-state index is -3.44. The van der Waals surface area contributed by atoms with Crippen LogP contribution in [0.15, 0.2) is 11.5 Å². The molecule has 0 radical (unpaired) electrons. The molecule has 1 saturated heterocycles. The third-order valence-electron chi connectivity index (χ3n) is 1.78. The first-order chi connectivity index (χ1) is 5.58. The molecule has 1 rings (SSSR count).